The van der Waals surface area contributed by atoms with Gasteiger partial charge < -0.3 is 11.1 Å². The molecule has 0 aliphatic carbocycles. The first-order valence-electron chi connectivity index (χ1n) is 5.68. The molecule has 0 saturated heterocycles. The van der Waals surface area contributed by atoms with Gasteiger partial charge in [0.15, 0.2) is 0 Å². The molecule has 0 spiro atoms. The smallest absolute Gasteiger partial charge is 0.237 e. The third-order valence-electron chi connectivity index (χ3n) is 3.17. The van der Waals surface area contributed by atoms with Crippen LogP contribution in [0.1, 0.15) is 25.8 Å². The van der Waals surface area contributed by atoms with Crippen molar-refractivity contribution in [3.8, 4) is 0 Å². The largest absolute Gasteiger partial charge is 0.392 e. The van der Waals surface area contributed by atoms with Crippen molar-refractivity contribution in [2.75, 3.05) is 5.32 Å². The maximum atomic E-state index is 13.1. The van der Waals surface area contributed by atoms with Crippen molar-refractivity contribution in [1.82, 2.24) is 0 Å². The van der Waals surface area contributed by atoms with Crippen molar-refractivity contribution in [3.05, 3.63) is 29.6 Å². The molecule has 0 saturated carbocycles. The monoisotopic (exact) mass is 268 g/mol. The van der Waals surface area contributed by atoms with Crippen LogP contribution >= 0.6 is 12.2 Å². The molecule has 0 radical (unpaired) electrons. The highest BCUT2D eigenvalue weighted by atomic mass is 32.1. The van der Waals surface area contributed by atoms with Crippen LogP contribution in [0.4, 0.5) is 10.1 Å². The van der Waals surface area contributed by atoms with Gasteiger partial charge in [-0.15, -0.1) is 0 Å². The fourth-order valence-corrected chi connectivity index (χ4v) is 1.68. The minimum Gasteiger partial charge on any atom is -0.392 e. The van der Waals surface area contributed by atoms with Gasteiger partial charge in [0.2, 0.25) is 5.91 Å². The zero-order chi connectivity index (χ0) is 13.9. The van der Waals surface area contributed by atoms with E-state index in [1.807, 2.05) is 6.92 Å². The number of benzene rings is 1. The summed E-state index contributed by atoms with van der Waals surface area (Å²) in [5.74, 6) is -0.580. The summed E-state index contributed by atoms with van der Waals surface area (Å²) in [7, 11) is 0. The maximum absolute atomic E-state index is 13.1. The zero-order valence-corrected chi connectivity index (χ0v) is 11.5. The molecule has 1 rings (SSSR count). The van der Waals surface area contributed by atoms with Crippen molar-refractivity contribution < 1.29 is 9.18 Å². The van der Waals surface area contributed by atoms with Crippen LogP contribution in [0.3, 0.4) is 0 Å². The molecule has 3 N–H and O–H groups in total. The average molecular weight is 268 g/mol. The number of amides is 1. The van der Waals surface area contributed by atoms with E-state index >= 15 is 0 Å². The lowest BCUT2D eigenvalue weighted by Gasteiger charge is -2.25. The van der Waals surface area contributed by atoms with Crippen molar-refractivity contribution in [3.63, 3.8) is 0 Å². The lowest BCUT2D eigenvalue weighted by atomic mass is 9.86. The summed E-state index contributed by atoms with van der Waals surface area (Å²) in [6.07, 6.45) is 0.508. The number of carbonyl (C=O) groups excluding carboxylic acids is 1. The normalized spacial score (nSPS) is 13.8. The van der Waals surface area contributed by atoms with Gasteiger partial charge in [-0.3, -0.25) is 4.79 Å². The molecule has 1 unspecified atom stereocenters. The third kappa shape index (κ3) is 2.85. The van der Waals surface area contributed by atoms with Gasteiger partial charge in [0, 0.05) is 5.69 Å². The number of carbonyl (C=O) groups is 1. The van der Waals surface area contributed by atoms with Gasteiger partial charge in [-0.05, 0) is 44.0 Å². The quantitative estimate of drug-likeness (QED) is 0.826. The molecular formula is C13H17FN2OS. The molecule has 0 aliphatic heterocycles. The fraction of sp³-hybridized carbons (Fsp3) is 0.385. The third-order valence-corrected chi connectivity index (χ3v) is 3.62. The van der Waals surface area contributed by atoms with Crippen molar-refractivity contribution in [2.45, 2.75) is 27.2 Å². The second kappa shape index (κ2) is 5.44. The van der Waals surface area contributed by atoms with Gasteiger partial charge in [-0.25, -0.2) is 4.39 Å². The number of hydrogen-bond acceptors (Lipinski definition) is 2. The minimum atomic E-state index is -0.891. The van der Waals surface area contributed by atoms with E-state index in [9.17, 15) is 9.18 Å². The number of thiocarbonyl (C=S) groups is 1. The Morgan fingerprint density at radius 2 is 2.17 bits per heavy atom. The van der Waals surface area contributed by atoms with Gasteiger partial charge in [0.25, 0.3) is 0 Å². The molecule has 1 aromatic rings. The van der Waals surface area contributed by atoms with E-state index in [2.05, 4.69) is 5.32 Å². The highest BCUT2D eigenvalue weighted by molar-refractivity contribution is 7.80. The Hall–Kier alpha value is -1.49. The minimum absolute atomic E-state index is 0.154. The molecule has 0 aromatic heterocycles. The maximum Gasteiger partial charge on any atom is 0.237 e. The number of hydrogen-bond donors (Lipinski definition) is 2. The average Bonchev–Trinajstić information content (AvgIpc) is 2.32. The van der Waals surface area contributed by atoms with Crippen LogP contribution in [0.5, 0.6) is 0 Å². The van der Waals surface area contributed by atoms with Gasteiger partial charge in [-0.1, -0.05) is 19.1 Å². The molecular weight excluding hydrogens is 251 g/mol. The Morgan fingerprint density at radius 1 is 1.56 bits per heavy atom. The second-order valence-corrected chi connectivity index (χ2v) is 4.91. The molecule has 3 nitrogen and oxygen atoms in total. The fourth-order valence-electron chi connectivity index (χ4n) is 1.44. The molecule has 1 atom stereocenters. The first-order chi connectivity index (χ1) is 8.31. The number of aryl methyl sites for hydroxylation is 1. The van der Waals surface area contributed by atoms with Crippen LogP contribution in [0, 0.1) is 18.2 Å². The van der Waals surface area contributed by atoms with Crippen molar-refractivity contribution in [1.29, 1.82) is 0 Å². The van der Waals surface area contributed by atoms with Crippen LogP contribution < -0.4 is 11.1 Å². The molecule has 18 heavy (non-hydrogen) atoms. The van der Waals surface area contributed by atoms with Crippen molar-refractivity contribution in [2.24, 2.45) is 11.1 Å². The molecule has 0 heterocycles. The van der Waals surface area contributed by atoms with Crippen LogP contribution in [0.2, 0.25) is 0 Å². The molecule has 0 aliphatic rings. The first-order valence-corrected chi connectivity index (χ1v) is 6.09. The van der Waals surface area contributed by atoms with Crippen LogP contribution in [-0.4, -0.2) is 10.9 Å². The van der Waals surface area contributed by atoms with E-state index in [0.29, 0.717) is 17.7 Å². The lowest BCUT2D eigenvalue weighted by molar-refractivity contribution is -0.121. The highest BCUT2D eigenvalue weighted by Gasteiger charge is 2.34. The number of nitrogens with one attached hydrogen (secondary N) is 1. The summed E-state index contributed by atoms with van der Waals surface area (Å²) in [4.78, 5) is 12.3. The van der Waals surface area contributed by atoms with E-state index in [0.717, 1.165) is 0 Å². The highest BCUT2D eigenvalue weighted by Crippen LogP contribution is 2.24. The lowest BCUT2D eigenvalue weighted by Crippen LogP contribution is -2.43. The van der Waals surface area contributed by atoms with Crippen LogP contribution in [-0.2, 0) is 4.79 Å². The van der Waals surface area contributed by atoms with Gasteiger partial charge in [0.05, 0.1) is 10.4 Å². The van der Waals surface area contributed by atoms with Crippen LogP contribution in [0.25, 0.3) is 0 Å². The Kier molecular flexibility index (Phi) is 4.40. The predicted octanol–water partition coefficient (Wildman–Crippen LogP) is 2.78. The Balaban J connectivity index is 2.93. The van der Waals surface area contributed by atoms with E-state index < -0.39 is 5.41 Å². The molecule has 1 aromatic carbocycles. The van der Waals surface area contributed by atoms with Crippen LogP contribution in [0.15, 0.2) is 18.2 Å². The summed E-state index contributed by atoms with van der Waals surface area (Å²) in [6.45, 7) is 5.17. The van der Waals surface area contributed by atoms with Gasteiger partial charge in [0.1, 0.15) is 5.82 Å². The number of rotatable bonds is 4. The molecule has 0 fully saturated rings. The summed E-state index contributed by atoms with van der Waals surface area (Å²) in [6, 6.07) is 4.40. The Morgan fingerprint density at radius 3 is 2.61 bits per heavy atom. The second-order valence-electron chi connectivity index (χ2n) is 4.47. The predicted molar refractivity (Wildman–Crippen MR) is 75.0 cm³/mol. The summed E-state index contributed by atoms with van der Waals surface area (Å²) in [5.41, 5.74) is 5.72. The standard InChI is InChI=1S/C13H17FN2OS/c1-4-13(3,11(15)18)12(17)16-9-5-6-10(14)8(2)7-9/h5-7H,4H2,1-3H3,(H2,15,18)(H,16,17). The number of halogens is 1. The number of nitrogens with two attached hydrogens (primary N) is 1. The topological polar surface area (TPSA) is 55.1 Å². The van der Waals surface area contributed by atoms with E-state index in [1.54, 1.807) is 19.9 Å². The van der Waals surface area contributed by atoms with Gasteiger partial charge in [-0.2, -0.15) is 0 Å². The molecule has 98 valence electrons. The first kappa shape index (κ1) is 14.6. The number of anilines is 1. The van der Waals surface area contributed by atoms with E-state index in [4.69, 9.17) is 18.0 Å². The Labute approximate surface area is 112 Å². The Bertz CT molecular complexity index is 490. The molecule has 5 heteroatoms. The SMILES string of the molecule is CCC(C)(C(=O)Nc1ccc(F)c(C)c1)C(N)=S. The van der Waals surface area contributed by atoms with Gasteiger partial charge >= 0.3 is 0 Å². The summed E-state index contributed by atoms with van der Waals surface area (Å²) in [5, 5.41) is 2.71. The molecule has 0 bridgehead atoms. The zero-order valence-electron chi connectivity index (χ0n) is 10.7. The summed E-state index contributed by atoms with van der Waals surface area (Å²) < 4.78 is 13.1. The summed E-state index contributed by atoms with van der Waals surface area (Å²) >= 11 is 4.93. The molecule has 1 amide bonds. The van der Waals surface area contributed by atoms with E-state index in [-0.39, 0.29) is 16.7 Å². The van der Waals surface area contributed by atoms with Crippen molar-refractivity contribution >= 4 is 28.8 Å². The van der Waals surface area contributed by atoms with E-state index in [1.165, 1.54) is 12.1 Å².